The summed E-state index contributed by atoms with van der Waals surface area (Å²) in [5.74, 6) is 0.578. The Morgan fingerprint density at radius 1 is 1.20 bits per heavy atom. The summed E-state index contributed by atoms with van der Waals surface area (Å²) < 4.78 is 0. The van der Waals surface area contributed by atoms with Gasteiger partial charge in [-0.05, 0) is 48.7 Å². The van der Waals surface area contributed by atoms with Crippen LogP contribution in [-0.4, -0.2) is 12.0 Å². The van der Waals surface area contributed by atoms with Crippen LogP contribution in [0.25, 0.3) is 0 Å². The molecule has 2 rings (SSSR count). The van der Waals surface area contributed by atoms with Crippen molar-refractivity contribution >= 4 is 11.8 Å². The van der Waals surface area contributed by atoms with E-state index in [4.69, 9.17) is 0 Å². The third-order valence-corrected chi connectivity index (χ3v) is 4.36. The smallest absolute Gasteiger partial charge is 0.104 e. The van der Waals surface area contributed by atoms with E-state index in [1.165, 1.54) is 21.6 Å². The van der Waals surface area contributed by atoms with Crippen molar-refractivity contribution in [1.29, 1.82) is 0 Å². The van der Waals surface area contributed by atoms with Gasteiger partial charge in [-0.2, -0.15) is 0 Å². The Bertz CT molecular complexity index is 562. The van der Waals surface area contributed by atoms with E-state index >= 15 is 0 Å². The van der Waals surface area contributed by atoms with Gasteiger partial charge in [0.25, 0.3) is 0 Å². The van der Waals surface area contributed by atoms with Gasteiger partial charge in [-0.25, -0.2) is 4.98 Å². The standard InChI is InChI=1S/C17H22N2S/c1-12(2)15-5-7-16(8-6-15)20-17-13(3)9-14(10-18-4)11-19-17/h5-9,11-12,18H,10H2,1-4H3. The third-order valence-electron chi connectivity index (χ3n) is 3.23. The fourth-order valence-electron chi connectivity index (χ4n) is 2.06. The molecule has 3 heteroatoms. The molecular formula is C17H22N2S. The van der Waals surface area contributed by atoms with Crippen LogP contribution in [0.1, 0.15) is 36.5 Å². The van der Waals surface area contributed by atoms with Gasteiger partial charge in [0, 0.05) is 17.6 Å². The van der Waals surface area contributed by atoms with Crippen LogP contribution in [0, 0.1) is 6.92 Å². The molecule has 2 nitrogen and oxygen atoms in total. The Balaban J connectivity index is 2.13. The highest BCUT2D eigenvalue weighted by Gasteiger charge is 2.05. The van der Waals surface area contributed by atoms with E-state index in [0.29, 0.717) is 5.92 Å². The second kappa shape index (κ2) is 6.91. The average Bonchev–Trinajstić information content (AvgIpc) is 2.43. The van der Waals surface area contributed by atoms with Gasteiger partial charge in [0.15, 0.2) is 0 Å². The molecule has 2 aromatic rings. The summed E-state index contributed by atoms with van der Waals surface area (Å²) in [6.45, 7) is 7.42. The van der Waals surface area contributed by atoms with Crippen molar-refractivity contribution in [3.05, 3.63) is 53.2 Å². The first-order chi connectivity index (χ1) is 9.60. The molecule has 0 spiro atoms. The molecule has 20 heavy (non-hydrogen) atoms. The van der Waals surface area contributed by atoms with Gasteiger partial charge in [0.2, 0.25) is 0 Å². The van der Waals surface area contributed by atoms with Crippen molar-refractivity contribution < 1.29 is 0 Å². The molecule has 106 valence electrons. The molecule has 0 radical (unpaired) electrons. The number of aryl methyl sites for hydroxylation is 1. The first kappa shape index (κ1) is 15.1. The summed E-state index contributed by atoms with van der Waals surface area (Å²) in [6.07, 6.45) is 1.95. The predicted molar refractivity (Wildman–Crippen MR) is 86.4 cm³/mol. The number of nitrogens with one attached hydrogen (secondary N) is 1. The zero-order chi connectivity index (χ0) is 14.5. The maximum Gasteiger partial charge on any atom is 0.104 e. The van der Waals surface area contributed by atoms with Gasteiger partial charge in [-0.15, -0.1) is 0 Å². The maximum absolute atomic E-state index is 4.57. The molecule has 0 saturated carbocycles. The maximum atomic E-state index is 4.57. The minimum Gasteiger partial charge on any atom is -0.316 e. The molecule has 0 bridgehead atoms. The van der Waals surface area contributed by atoms with Crippen LogP contribution < -0.4 is 5.32 Å². The summed E-state index contributed by atoms with van der Waals surface area (Å²) in [7, 11) is 1.95. The van der Waals surface area contributed by atoms with Gasteiger partial charge in [0.1, 0.15) is 5.03 Å². The fourth-order valence-corrected chi connectivity index (χ4v) is 2.88. The van der Waals surface area contributed by atoms with Crippen molar-refractivity contribution in [1.82, 2.24) is 10.3 Å². The van der Waals surface area contributed by atoms with Crippen molar-refractivity contribution in [2.75, 3.05) is 7.05 Å². The van der Waals surface area contributed by atoms with E-state index in [-0.39, 0.29) is 0 Å². The van der Waals surface area contributed by atoms with Crippen LogP contribution >= 0.6 is 11.8 Å². The van der Waals surface area contributed by atoms with Gasteiger partial charge >= 0.3 is 0 Å². The number of pyridine rings is 1. The van der Waals surface area contributed by atoms with Crippen molar-refractivity contribution in [3.63, 3.8) is 0 Å². The Kier molecular flexibility index (Phi) is 5.21. The first-order valence-corrected chi connectivity index (χ1v) is 7.79. The number of nitrogens with zero attached hydrogens (tertiary/aromatic N) is 1. The van der Waals surface area contributed by atoms with Crippen LogP contribution in [-0.2, 0) is 6.54 Å². The number of hydrogen-bond donors (Lipinski definition) is 1. The molecule has 0 aliphatic carbocycles. The van der Waals surface area contributed by atoms with E-state index in [2.05, 4.69) is 61.4 Å². The molecule has 0 saturated heterocycles. The Morgan fingerprint density at radius 3 is 2.45 bits per heavy atom. The lowest BCUT2D eigenvalue weighted by Crippen LogP contribution is -2.05. The first-order valence-electron chi connectivity index (χ1n) is 6.98. The fraction of sp³-hybridized carbons (Fsp3) is 0.353. The lowest BCUT2D eigenvalue weighted by atomic mass is 10.0. The molecule has 0 atom stereocenters. The second-order valence-electron chi connectivity index (χ2n) is 5.32. The number of hydrogen-bond acceptors (Lipinski definition) is 3. The molecule has 0 aliphatic heterocycles. The van der Waals surface area contributed by atoms with Gasteiger partial charge in [-0.3, -0.25) is 0 Å². The monoisotopic (exact) mass is 286 g/mol. The lowest BCUT2D eigenvalue weighted by molar-refractivity contribution is 0.806. The number of rotatable bonds is 5. The topological polar surface area (TPSA) is 24.9 Å². The van der Waals surface area contributed by atoms with Gasteiger partial charge < -0.3 is 5.32 Å². The highest BCUT2D eigenvalue weighted by atomic mass is 32.2. The quantitative estimate of drug-likeness (QED) is 0.882. The summed E-state index contributed by atoms with van der Waals surface area (Å²) in [5, 5.41) is 4.24. The Morgan fingerprint density at radius 2 is 1.90 bits per heavy atom. The van der Waals surface area contributed by atoms with E-state index in [1.807, 2.05) is 13.2 Å². The molecule has 0 aliphatic rings. The summed E-state index contributed by atoms with van der Waals surface area (Å²) in [5.41, 5.74) is 3.84. The van der Waals surface area contributed by atoms with E-state index < -0.39 is 0 Å². The normalized spacial score (nSPS) is 11.1. The van der Waals surface area contributed by atoms with E-state index in [1.54, 1.807) is 11.8 Å². The minimum absolute atomic E-state index is 0.578. The lowest BCUT2D eigenvalue weighted by Gasteiger charge is -2.09. The molecular weight excluding hydrogens is 264 g/mol. The van der Waals surface area contributed by atoms with E-state index in [9.17, 15) is 0 Å². The highest BCUT2D eigenvalue weighted by molar-refractivity contribution is 7.99. The Labute approximate surface area is 126 Å². The largest absolute Gasteiger partial charge is 0.316 e. The average molecular weight is 286 g/mol. The SMILES string of the molecule is CNCc1cnc(Sc2ccc(C(C)C)cc2)c(C)c1. The summed E-state index contributed by atoms with van der Waals surface area (Å²) in [6, 6.07) is 11.0. The Hall–Kier alpha value is -1.32. The van der Waals surface area contributed by atoms with Crippen LogP contribution in [0.5, 0.6) is 0 Å². The van der Waals surface area contributed by atoms with Crippen molar-refractivity contribution in [2.24, 2.45) is 0 Å². The molecule has 0 unspecified atom stereocenters. The highest BCUT2D eigenvalue weighted by Crippen LogP contribution is 2.29. The summed E-state index contributed by atoms with van der Waals surface area (Å²) in [4.78, 5) is 5.81. The predicted octanol–water partition coefficient (Wildman–Crippen LogP) is 4.38. The molecule has 1 aromatic carbocycles. The zero-order valence-corrected chi connectivity index (χ0v) is 13.4. The number of benzene rings is 1. The van der Waals surface area contributed by atoms with Crippen LogP contribution in [0.15, 0.2) is 46.5 Å². The van der Waals surface area contributed by atoms with Gasteiger partial charge in [0.05, 0.1) is 0 Å². The van der Waals surface area contributed by atoms with Crippen molar-refractivity contribution in [3.8, 4) is 0 Å². The number of aromatic nitrogens is 1. The zero-order valence-electron chi connectivity index (χ0n) is 12.6. The van der Waals surface area contributed by atoms with Crippen LogP contribution in [0.2, 0.25) is 0 Å². The molecule has 1 N–H and O–H groups in total. The van der Waals surface area contributed by atoms with E-state index in [0.717, 1.165) is 11.6 Å². The third kappa shape index (κ3) is 3.84. The van der Waals surface area contributed by atoms with Crippen molar-refractivity contribution in [2.45, 2.75) is 43.2 Å². The van der Waals surface area contributed by atoms with Gasteiger partial charge in [-0.1, -0.05) is 43.8 Å². The molecule has 0 amide bonds. The molecule has 0 fully saturated rings. The second-order valence-corrected chi connectivity index (χ2v) is 6.38. The van der Waals surface area contributed by atoms with Crippen LogP contribution in [0.3, 0.4) is 0 Å². The van der Waals surface area contributed by atoms with Crippen LogP contribution in [0.4, 0.5) is 0 Å². The molecule has 1 heterocycles. The minimum atomic E-state index is 0.578. The molecule has 1 aromatic heterocycles. The summed E-state index contributed by atoms with van der Waals surface area (Å²) >= 11 is 1.73.